The number of aromatic nitrogens is 1. The molecular formula is C9H10N2O2. The Morgan fingerprint density at radius 2 is 2.38 bits per heavy atom. The fourth-order valence-electron chi connectivity index (χ4n) is 1.29. The zero-order valence-corrected chi connectivity index (χ0v) is 7.28. The average Bonchev–Trinajstić information content (AvgIpc) is 2.49. The zero-order chi connectivity index (χ0) is 9.26. The van der Waals surface area contributed by atoms with Crippen LogP contribution in [-0.4, -0.2) is 5.16 Å². The SMILES string of the molecule is Cc1noc2ccc(CON)cc12. The lowest BCUT2D eigenvalue weighted by molar-refractivity contribution is 0.124. The van der Waals surface area contributed by atoms with Gasteiger partial charge in [0.15, 0.2) is 5.58 Å². The minimum Gasteiger partial charge on any atom is -0.356 e. The minimum absolute atomic E-state index is 0.403. The van der Waals surface area contributed by atoms with E-state index in [-0.39, 0.29) is 0 Å². The van der Waals surface area contributed by atoms with Crippen LogP contribution in [0.3, 0.4) is 0 Å². The molecule has 0 radical (unpaired) electrons. The van der Waals surface area contributed by atoms with E-state index in [1.165, 1.54) is 0 Å². The largest absolute Gasteiger partial charge is 0.356 e. The molecule has 0 aliphatic rings. The Labute approximate surface area is 75.2 Å². The monoisotopic (exact) mass is 178 g/mol. The first-order valence-corrected chi connectivity index (χ1v) is 3.98. The first-order chi connectivity index (χ1) is 6.31. The lowest BCUT2D eigenvalue weighted by Crippen LogP contribution is -1.98. The lowest BCUT2D eigenvalue weighted by atomic mass is 10.1. The van der Waals surface area contributed by atoms with Gasteiger partial charge in [-0.3, -0.25) is 4.84 Å². The van der Waals surface area contributed by atoms with Crippen LogP contribution < -0.4 is 5.90 Å². The molecular weight excluding hydrogens is 168 g/mol. The van der Waals surface area contributed by atoms with Crippen LogP contribution in [0.1, 0.15) is 11.3 Å². The van der Waals surface area contributed by atoms with E-state index in [4.69, 9.17) is 10.4 Å². The van der Waals surface area contributed by atoms with Gasteiger partial charge in [0, 0.05) is 5.39 Å². The van der Waals surface area contributed by atoms with Gasteiger partial charge in [-0.15, -0.1) is 0 Å². The first-order valence-electron chi connectivity index (χ1n) is 3.98. The van der Waals surface area contributed by atoms with Gasteiger partial charge in [-0.1, -0.05) is 11.2 Å². The lowest BCUT2D eigenvalue weighted by Gasteiger charge is -1.97. The van der Waals surface area contributed by atoms with Crippen molar-refractivity contribution in [3.05, 3.63) is 29.5 Å². The third kappa shape index (κ3) is 1.41. The summed E-state index contributed by atoms with van der Waals surface area (Å²) in [5.74, 6) is 4.98. The summed E-state index contributed by atoms with van der Waals surface area (Å²) in [4.78, 5) is 4.54. The molecule has 13 heavy (non-hydrogen) atoms. The Morgan fingerprint density at radius 1 is 1.54 bits per heavy atom. The van der Waals surface area contributed by atoms with Crippen molar-refractivity contribution in [1.82, 2.24) is 5.16 Å². The fourth-order valence-corrected chi connectivity index (χ4v) is 1.29. The van der Waals surface area contributed by atoms with Crippen molar-refractivity contribution in [2.75, 3.05) is 0 Å². The van der Waals surface area contributed by atoms with Crippen LogP contribution in [0.15, 0.2) is 22.7 Å². The van der Waals surface area contributed by atoms with E-state index in [1.807, 2.05) is 25.1 Å². The van der Waals surface area contributed by atoms with Crippen molar-refractivity contribution in [3.63, 3.8) is 0 Å². The molecule has 0 bridgehead atoms. The molecule has 2 rings (SSSR count). The van der Waals surface area contributed by atoms with Gasteiger partial charge in [-0.2, -0.15) is 0 Å². The van der Waals surface area contributed by atoms with Crippen LogP contribution >= 0.6 is 0 Å². The second kappa shape index (κ2) is 3.16. The fraction of sp³-hybridized carbons (Fsp3) is 0.222. The normalized spacial score (nSPS) is 10.9. The Morgan fingerprint density at radius 3 is 3.15 bits per heavy atom. The highest BCUT2D eigenvalue weighted by atomic mass is 16.6. The second-order valence-electron chi connectivity index (χ2n) is 2.91. The van der Waals surface area contributed by atoms with Gasteiger partial charge in [0.1, 0.15) is 0 Å². The summed E-state index contributed by atoms with van der Waals surface area (Å²) in [7, 11) is 0. The van der Waals surface area contributed by atoms with Crippen LogP contribution in [0.5, 0.6) is 0 Å². The molecule has 0 saturated carbocycles. The van der Waals surface area contributed by atoms with Crippen molar-refractivity contribution in [3.8, 4) is 0 Å². The Kier molecular flexibility index (Phi) is 2.00. The predicted octanol–water partition coefficient (Wildman–Crippen LogP) is 1.53. The molecule has 1 aromatic carbocycles. The van der Waals surface area contributed by atoms with E-state index >= 15 is 0 Å². The van der Waals surface area contributed by atoms with Gasteiger partial charge in [-0.25, -0.2) is 5.90 Å². The molecule has 0 unspecified atom stereocenters. The molecule has 4 heteroatoms. The van der Waals surface area contributed by atoms with E-state index in [9.17, 15) is 0 Å². The molecule has 2 aromatic rings. The summed E-state index contributed by atoms with van der Waals surface area (Å²) in [6, 6.07) is 5.73. The van der Waals surface area contributed by atoms with Crippen molar-refractivity contribution in [2.45, 2.75) is 13.5 Å². The van der Waals surface area contributed by atoms with Crippen molar-refractivity contribution in [1.29, 1.82) is 0 Å². The molecule has 0 aliphatic carbocycles. The summed E-state index contributed by atoms with van der Waals surface area (Å²) < 4.78 is 5.06. The first kappa shape index (κ1) is 8.22. The standard InChI is InChI=1S/C9H10N2O2/c1-6-8-4-7(5-12-10)2-3-9(8)13-11-6/h2-4H,5,10H2,1H3. The zero-order valence-electron chi connectivity index (χ0n) is 7.28. The quantitative estimate of drug-likeness (QED) is 0.708. The molecule has 0 spiro atoms. The molecule has 1 heterocycles. The molecule has 0 fully saturated rings. The average molecular weight is 178 g/mol. The number of hydrogen-bond donors (Lipinski definition) is 1. The third-order valence-electron chi connectivity index (χ3n) is 1.96. The van der Waals surface area contributed by atoms with Gasteiger partial charge in [0.05, 0.1) is 12.3 Å². The van der Waals surface area contributed by atoms with E-state index in [1.54, 1.807) is 0 Å². The summed E-state index contributed by atoms with van der Waals surface area (Å²) >= 11 is 0. The predicted molar refractivity (Wildman–Crippen MR) is 47.7 cm³/mol. The van der Waals surface area contributed by atoms with Gasteiger partial charge in [-0.05, 0) is 24.6 Å². The highest BCUT2D eigenvalue weighted by Crippen LogP contribution is 2.19. The van der Waals surface area contributed by atoms with Crippen LogP contribution in [0.4, 0.5) is 0 Å². The number of nitrogens with two attached hydrogens (primary N) is 1. The molecule has 4 nitrogen and oxygen atoms in total. The number of benzene rings is 1. The minimum atomic E-state index is 0.403. The highest BCUT2D eigenvalue weighted by Gasteiger charge is 2.04. The summed E-state index contributed by atoms with van der Waals surface area (Å²) in [5, 5.41) is 4.86. The Balaban J connectivity index is 2.53. The van der Waals surface area contributed by atoms with E-state index < -0.39 is 0 Å². The molecule has 1 aromatic heterocycles. The molecule has 2 N–H and O–H groups in total. The molecule has 0 aliphatic heterocycles. The van der Waals surface area contributed by atoms with Crippen LogP contribution in [-0.2, 0) is 11.4 Å². The van der Waals surface area contributed by atoms with Crippen molar-refractivity contribution >= 4 is 11.0 Å². The maximum atomic E-state index is 5.06. The van der Waals surface area contributed by atoms with Crippen LogP contribution in [0.2, 0.25) is 0 Å². The molecule has 0 saturated heterocycles. The number of rotatable bonds is 2. The summed E-state index contributed by atoms with van der Waals surface area (Å²) in [5.41, 5.74) is 2.69. The maximum Gasteiger partial charge on any atom is 0.167 e. The second-order valence-corrected chi connectivity index (χ2v) is 2.91. The number of nitrogens with zero attached hydrogens (tertiary/aromatic N) is 1. The topological polar surface area (TPSA) is 61.3 Å². The maximum absolute atomic E-state index is 5.06. The van der Waals surface area contributed by atoms with Crippen LogP contribution in [0, 0.1) is 6.92 Å². The number of hydrogen-bond acceptors (Lipinski definition) is 4. The number of fused-ring (bicyclic) bond motifs is 1. The smallest absolute Gasteiger partial charge is 0.167 e. The Bertz CT molecular complexity index is 422. The van der Waals surface area contributed by atoms with E-state index in [0.29, 0.717) is 6.61 Å². The van der Waals surface area contributed by atoms with Gasteiger partial charge < -0.3 is 4.52 Å². The Hall–Kier alpha value is -1.39. The molecule has 0 amide bonds. The highest BCUT2D eigenvalue weighted by molar-refractivity contribution is 5.79. The molecule has 0 atom stereocenters. The summed E-state index contributed by atoms with van der Waals surface area (Å²) in [6.07, 6.45) is 0. The van der Waals surface area contributed by atoms with Gasteiger partial charge >= 0.3 is 0 Å². The van der Waals surface area contributed by atoms with Crippen LogP contribution in [0.25, 0.3) is 11.0 Å². The van der Waals surface area contributed by atoms with E-state index in [2.05, 4.69) is 9.99 Å². The van der Waals surface area contributed by atoms with Crippen molar-refractivity contribution in [2.24, 2.45) is 5.90 Å². The summed E-state index contributed by atoms with van der Waals surface area (Å²) in [6.45, 7) is 2.31. The third-order valence-corrected chi connectivity index (χ3v) is 1.96. The van der Waals surface area contributed by atoms with Gasteiger partial charge in [0.2, 0.25) is 0 Å². The van der Waals surface area contributed by atoms with Crippen molar-refractivity contribution < 1.29 is 9.36 Å². The van der Waals surface area contributed by atoms with E-state index in [0.717, 1.165) is 22.2 Å². The molecule has 68 valence electrons. The van der Waals surface area contributed by atoms with Gasteiger partial charge in [0.25, 0.3) is 0 Å². The number of aryl methyl sites for hydroxylation is 1.